The van der Waals surface area contributed by atoms with Crippen LogP contribution in [-0.4, -0.2) is 82.2 Å². The average Bonchev–Trinajstić information content (AvgIpc) is 2.71. The summed E-state index contributed by atoms with van der Waals surface area (Å²) in [5.74, 6) is -0.963. The minimum atomic E-state index is -1.36. The second kappa shape index (κ2) is 11.5. The van der Waals surface area contributed by atoms with Crippen LogP contribution in [0.2, 0.25) is 6.32 Å². The molecular formula is C21H34BN3O5. The fourth-order valence-electron chi connectivity index (χ4n) is 3.78. The SMILES string of the molecule is Cc1ccc(C(=O)N2CCN(CCCC(N)(CCCCB(O)O)C(=O)O)CC2)cc1. The molecule has 1 atom stereocenters. The summed E-state index contributed by atoms with van der Waals surface area (Å²) in [7, 11) is -1.36. The maximum atomic E-state index is 12.6. The highest BCUT2D eigenvalue weighted by atomic mass is 16.4. The van der Waals surface area contributed by atoms with Crippen molar-refractivity contribution in [3.63, 3.8) is 0 Å². The number of hydrogen-bond acceptors (Lipinski definition) is 6. The molecule has 1 aromatic rings. The van der Waals surface area contributed by atoms with Crippen LogP contribution in [0, 0.1) is 6.92 Å². The predicted molar refractivity (Wildman–Crippen MR) is 116 cm³/mol. The monoisotopic (exact) mass is 419 g/mol. The highest BCUT2D eigenvalue weighted by molar-refractivity contribution is 6.40. The fraction of sp³-hybridized carbons (Fsp3) is 0.619. The van der Waals surface area contributed by atoms with Gasteiger partial charge in [0.1, 0.15) is 5.54 Å². The van der Waals surface area contributed by atoms with E-state index in [1.54, 1.807) is 0 Å². The zero-order valence-electron chi connectivity index (χ0n) is 17.8. The number of rotatable bonds is 11. The molecule has 1 heterocycles. The normalized spacial score (nSPS) is 16.9. The highest BCUT2D eigenvalue weighted by Gasteiger charge is 2.33. The number of hydrogen-bond donors (Lipinski definition) is 4. The van der Waals surface area contributed by atoms with Crippen molar-refractivity contribution < 1.29 is 24.7 Å². The van der Waals surface area contributed by atoms with Gasteiger partial charge in [-0.2, -0.15) is 0 Å². The second-order valence-electron chi connectivity index (χ2n) is 8.29. The number of carboxylic acid groups (broad SMARTS) is 1. The van der Waals surface area contributed by atoms with Gasteiger partial charge in [-0.25, -0.2) is 0 Å². The number of unbranched alkanes of at least 4 members (excludes halogenated alkanes) is 1. The predicted octanol–water partition coefficient (Wildman–Crippen LogP) is 0.958. The second-order valence-corrected chi connectivity index (χ2v) is 8.29. The van der Waals surface area contributed by atoms with Crippen LogP contribution >= 0.6 is 0 Å². The molecule has 1 fully saturated rings. The molecular weight excluding hydrogens is 385 g/mol. The molecule has 5 N–H and O–H groups in total. The molecule has 1 aromatic carbocycles. The number of amides is 1. The Hall–Kier alpha value is -1.94. The molecule has 9 heteroatoms. The molecule has 0 saturated carbocycles. The van der Waals surface area contributed by atoms with Gasteiger partial charge in [-0.15, -0.1) is 0 Å². The lowest BCUT2D eigenvalue weighted by atomic mass is 9.81. The Bertz CT molecular complexity index is 692. The Morgan fingerprint density at radius 1 is 1.03 bits per heavy atom. The molecule has 0 bridgehead atoms. The summed E-state index contributed by atoms with van der Waals surface area (Å²) < 4.78 is 0. The van der Waals surface area contributed by atoms with Crippen LogP contribution in [-0.2, 0) is 4.79 Å². The molecule has 30 heavy (non-hydrogen) atoms. The topological polar surface area (TPSA) is 127 Å². The molecule has 1 aliphatic heterocycles. The summed E-state index contributed by atoms with van der Waals surface area (Å²) >= 11 is 0. The number of nitrogens with two attached hydrogens (primary N) is 1. The minimum absolute atomic E-state index is 0.0505. The Kier molecular flexibility index (Phi) is 9.29. The van der Waals surface area contributed by atoms with Crippen LogP contribution in [0.1, 0.15) is 48.0 Å². The number of aliphatic carboxylic acids is 1. The van der Waals surface area contributed by atoms with Gasteiger partial charge in [0.25, 0.3) is 5.91 Å². The van der Waals surface area contributed by atoms with Gasteiger partial charge in [0, 0.05) is 31.7 Å². The fourth-order valence-corrected chi connectivity index (χ4v) is 3.78. The smallest absolute Gasteiger partial charge is 0.451 e. The number of carboxylic acids is 1. The first kappa shape index (κ1) is 24.3. The van der Waals surface area contributed by atoms with E-state index in [0.29, 0.717) is 50.8 Å². The summed E-state index contributed by atoms with van der Waals surface area (Å²) in [6.45, 7) is 5.57. The van der Waals surface area contributed by atoms with Crippen LogP contribution in [0.15, 0.2) is 24.3 Å². The van der Waals surface area contributed by atoms with Crippen LogP contribution in [0.3, 0.4) is 0 Å². The highest BCUT2D eigenvalue weighted by Crippen LogP contribution is 2.20. The number of benzene rings is 1. The van der Waals surface area contributed by atoms with Crippen molar-refractivity contribution in [2.45, 2.75) is 50.9 Å². The Morgan fingerprint density at radius 3 is 2.20 bits per heavy atom. The molecule has 0 aliphatic carbocycles. The molecule has 166 valence electrons. The molecule has 1 amide bonds. The summed E-state index contributed by atoms with van der Waals surface area (Å²) in [4.78, 5) is 28.3. The van der Waals surface area contributed by atoms with Gasteiger partial charge in [0.2, 0.25) is 0 Å². The third kappa shape index (κ3) is 7.39. The van der Waals surface area contributed by atoms with Crippen molar-refractivity contribution in [3.05, 3.63) is 35.4 Å². The first-order valence-corrected chi connectivity index (χ1v) is 10.7. The summed E-state index contributed by atoms with van der Waals surface area (Å²) in [5, 5.41) is 27.3. The third-order valence-corrected chi connectivity index (χ3v) is 5.82. The number of aryl methyl sites for hydroxylation is 1. The quantitative estimate of drug-likeness (QED) is 0.311. The molecule has 0 radical (unpaired) electrons. The van der Waals surface area contributed by atoms with Crippen molar-refractivity contribution in [2.75, 3.05) is 32.7 Å². The van der Waals surface area contributed by atoms with Crippen LogP contribution in [0.4, 0.5) is 0 Å². The molecule has 1 aliphatic rings. The van der Waals surface area contributed by atoms with E-state index < -0.39 is 18.6 Å². The van der Waals surface area contributed by atoms with Crippen LogP contribution in [0.25, 0.3) is 0 Å². The van der Waals surface area contributed by atoms with Gasteiger partial charge in [0.15, 0.2) is 0 Å². The summed E-state index contributed by atoms with van der Waals surface area (Å²) in [5.41, 5.74) is 6.66. The van der Waals surface area contributed by atoms with Gasteiger partial charge in [-0.1, -0.05) is 30.5 Å². The summed E-state index contributed by atoms with van der Waals surface area (Å²) in [6, 6.07) is 7.60. The van der Waals surface area contributed by atoms with E-state index in [1.165, 1.54) is 0 Å². The van der Waals surface area contributed by atoms with Crippen molar-refractivity contribution in [1.29, 1.82) is 0 Å². The van der Waals surface area contributed by atoms with Crippen molar-refractivity contribution in [2.24, 2.45) is 5.73 Å². The van der Waals surface area contributed by atoms with Crippen molar-refractivity contribution in [3.8, 4) is 0 Å². The Labute approximate surface area is 178 Å². The van der Waals surface area contributed by atoms with E-state index in [-0.39, 0.29) is 12.2 Å². The average molecular weight is 419 g/mol. The van der Waals surface area contributed by atoms with E-state index in [4.69, 9.17) is 15.8 Å². The number of piperazine rings is 1. The van der Waals surface area contributed by atoms with E-state index in [9.17, 15) is 14.7 Å². The van der Waals surface area contributed by atoms with E-state index in [0.717, 1.165) is 25.2 Å². The largest absolute Gasteiger partial charge is 0.480 e. The third-order valence-electron chi connectivity index (χ3n) is 5.82. The lowest BCUT2D eigenvalue weighted by Crippen LogP contribution is -2.50. The Balaban J connectivity index is 1.73. The van der Waals surface area contributed by atoms with Crippen molar-refractivity contribution >= 4 is 19.0 Å². The zero-order chi connectivity index (χ0) is 22.1. The molecule has 0 aromatic heterocycles. The summed E-state index contributed by atoms with van der Waals surface area (Å²) in [6.07, 6.45) is 2.64. The lowest BCUT2D eigenvalue weighted by molar-refractivity contribution is -0.144. The van der Waals surface area contributed by atoms with E-state index >= 15 is 0 Å². The molecule has 0 spiro atoms. The van der Waals surface area contributed by atoms with Gasteiger partial charge < -0.3 is 25.8 Å². The van der Waals surface area contributed by atoms with Gasteiger partial charge >= 0.3 is 13.1 Å². The first-order chi connectivity index (χ1) is 14.2. The number of nitrogens with zero attached hydrogens (tertiary/aromatic N) is 2. The van der Waals surface area contributed by atoms with E-state index in [1.807, 2.05) is 36.1 Å². The molecule has 8 nitrogen and oxygen atoms in total. The lowest BCUT2D eigenvalue weighted by Gasteiger charge is -2.35. The standard InChI is InChI=1S/C21H34BN3O5/c1-17-5-7-18(8-6-17)19(26)25-15-13-24(14-16-25)12-4-10-21(23,20(27)28)9-2-3-11-22(29)30/h5-8,29-30H,2-4,9-16,23H2,1H3,(H,27,28). The van der Waals surface area contributed by atoms with Crippen molar-refractivity contribution in [1.82, 2.24) is 9.80 Å². The molecule has 1 saturated heterocycles. The van der Waals surface area contributed by atoms with Crippen LogP contribution < -0.4 is 5.73 Å². The maximum Gasteiger partial charge on any atom is 0.451 e. The first-order valence-electron chi connectivity index (χ1n) is 10.7. The van der Waals surface area contributed by atoms with Gasteiger partial charge in [-0.05, 0) is 51.2 Å². The van der Waals surface area contributed by atoms with Gasteiger partial charge in [-0.3, -0.25) is 14.5 Å². The van der Waals surface area contributed by atoms with Gasteiger partial charge in [0.05, 0.1) is 0 Å². The molecule has 1 unspecified atom stereocenters. The minimum Gasteiger partial charge on any atom is -0.480 e. The van der Waals surface area contributed by atoms with Crippen LogP contribution in [0.5, 0.6) is 0 Å². The zero-order valence-corrected chi connectivity index (χ0v) is 17.8. The maximum absolute atomic E-state index is 12.6. The Morgan fingerprint density at radius 2 is 1.63 bits per heavy atom. The number of carbonyl (C=O) groups excluding carboxylic acids is 1. The number of carbonyl (C=O) groups is 2. The van der Waals surface area contributed by atoms with E-state index in [2.05, 4.69) is 4.90 Å². The molecule has 2 rings (SSSR count).